The van der Waals surface area contributed by atoms with E-state index in [2.05, 4.69) is 15.0 Å². The number of carbonyl (C=O) groups excluding carboxylic acids is 2. The van der Waals surface area contributed by atoms with Crippen molar-refractivity contribution in [2.45, 2.75) is 6.92 Å². The maximum Gasteiger partial charge on any atom is 0.419 e. The van der Waals surface area contributed by atoms with Crippen molar-refractivity contribution in [2.75, 3.05) is 6.61 Å². The van der Waals surface area contributed by atoms with E-state index >= 15 is 0 Å². The Morgan fingerprint density at radius 3 is 3.12 bits per heavy atom. The molecule has 0 aliphatic carbocycles. The van der Waals surface area contributed by atoms with Gasteiger partial charge in [0.2, 0.25) is 0 Å². The van der Waals surface area contributed by atoms with E-state index in [1.54, 1.807) is 6.92 Å². The van der Waals surface area contributed by atoms with Gasteiger partial charge in [-0.25, -0.2) is 19.3 Å². The molecule has 0 bridgehead atoms. The number of imidazole rings is 2. The van der Waals surface area contributed by atoms with Crippen LogP contribution in [0.4, 0.5) is 4.79 Å². The summed E-state index contributed by atoms with van der Waals surface area (Å²) in [5, 5.41) is 0. The van der Waals surface area contributed by atoms with Gasteiger partial charge in [-0.1, -0.05) is 0 Å². The van der Waals surface area contributed by atoms with Crippen LogP contribution in [0.25, 0.3) is 11.6 Å². The lowest BCUT2D eigenvalue weighted by atomic mass is 10.5. The fraction of sp³-hybridized carbons (Fsp3) is 0.200. The minimum absolute atomic E-state index is 0.249. The van der Waals surface area contributed by atoms with E-state index < -0.39 is 6.09 Å². The summed E-state index contributed by atoms with van der Waals surface area (Å²) >= 11 is 0. The van der Waals surface area contributed by atoms with Crippen molar-refractivity contribution in [3.8, 4) is 11.6 Å². The van der Waals surface area contributed by atoms with Crippen LogP contribution < -0.4 is 0 Å². The molecule has 0 spiro atoms. The first kappa shape index (κ1) is 11.1. The van der Waals surface area contributed by atoms with Crippen molar-refractivity contribution in [2.24, 2.45) is 0 Å². The Morgan fingerprint density at radius 1 is 1.65 bits per heavy atom. The first-order chi connectivity index (χ1) is 8.26. The third-order valence-corrected chi connectivity index (χ3v) is 2.04. The molecule has 0 saturated heterocycles. The topological polar surface area (TPSA) is 89.9 Å². The van der Waals surface area contributed by atoms with Crippen molar-refractivity contribution in [3.05, 3.63) is 24.3 Å². The molecule has 2 heterocycles. The van der Waals surface area contributed by atoms with Gasteiger partial charge in [-0.05, 0) is 6.92 Å². The summed E-state index contributed by atoms with van der Waals surface area (Å²) in [6, 6.07) is 0. The summed E-state index contributed by atoms with van der Waals surface area (Å²) in [6.07, 6.45) is 4.43. The van der Waals surface area contributed by atoms with Crippen LogP contribution in [-0.4, -0.2) is 38.5 Å². The summed E-state index contributed by atoms with van der Waals surface area (Å²) in [7, 11) is 0. The van der Waals surface area contributed by atoms with Crippen LogP contribution in [0.3, 0.4) is 0 Å². The molecule has 0 aromatic carbocycles. The lowest BCUT2D eigenvalue weighted by molar-refractivity contribution is 0.111. The van der Waals surface area contributed by atoms with Gasteiger partial charge in [-0.2, -0.15) is 0 Å². The number of aromatic nitrogens is 4. The molecule has 1 N–H and O–H groups in total. The average Bonchev–Trinajstić information content (AvgIpc) is 2.97. The number of aldehydes is 1. The van der Waals surface area contributed by atoms with Crippen LogP contribution in [0.1, 0.15) is 17.4 Å². The monoisotopic (exact) mass is 234 g/mol. The number of aromatic amines is 1. The highest BCUT2D eigenvalue weighted by Crippen LogP contribution is 2.13. The zero-order valence-corrected chi connectivity index (χ0v) is 9.08. The average molecular weight is 234 g/mol. The van der Waals surface area contributed by atoms with Gasteiger partial charge in [0.15, 0.2) is 17.9 Å². The number of ether oxygens (including phenoxy) is 1. The summed E-state index contributed by atoms with van der Waals surface area (Å²) in [5.41, 5.74) is 0.249. The quantitative estimate of drug-likeness (QED) is 0.803. The molecule has 7 heteroatoms. The molecule has 0 fully saturated rings. The van der Waals surface area contributed by atoms with Crippen LogP contribution in [0, 0.1) is 0 Å². The predicted octanol–water partition coefficient (Wildman–Crippen LogP) is 1.09. The molecular weight excluding hydrogens is 224 g/mol. The normalized spacial score (nSPS) is 10.2. The summed E-state index contributed by atoms with van der Waals surface area (Å²) < 4.78 is 6.07. The van der Waals surface area contributed by atoms with Crippen molar-refractivity contribution in [1.29, 1.82) is 0 Å². The maximum absolute atomic E-state index is 11.6. The fourth-order valence-electron chi connectivity index (χ4n) is 1.33. The van der Waals surface area contributed by atoms with Crippen LogP contribution in [0.15, 0.2) is 18.6 Å². The second-order valence-corrected chi connectivity index (χ2v) is 3.11. The van der Waals surface area contributed by atoms with E-state index in [1.165, 1.54) is 23.2 Å². The summed E-state index contributed by atoms with van der Waals surface area (Å²) in [4.78, 5) is 32.8. The SMILES string of the molecule is CCOC(=O)n1ccnc1-c1nc(C=O)c[nH]1. The molecule has 0 unspecified atom stereocenters. The molecule has 0 radical (unpaired) electrons. The minimum Gasteiger partial charge on any atom is -0.449 e. The first-order valence-corrected chi connectivity index (χ1v) is 4.97. The Labute approximate surface area is 96.5 Å². The highest BCUT2D eigenvalue weighted by Gasteiger charge is 2.15. The highest BCUT2D eigenvalue weighted by molar-refractivity contribution is 5.76. The van der Waals surface area contributed by atoms with Gasteiger partial charge in [0.05, 0.1) is 6.61 Å². The fourth-order valence-corrected chi connectivity index (χ4v) is 1.33. The van der Waals surface area contributed by atoms with Gasteiger partial charge in [-0.15, -0.1) is 0 Å². The standard InChI is InChI=1S/C10H10N4O3/c1-2-17-10(16)14-4-3-11-9(14)8-12-5-7(6-15)13-8/h3-6H,2H2,1H3,(H,12,13). The van der Waals surface area contributed by atoms with Crippen LogP contribution in [0.5, 0.6) is 0 Å². The lowest BCUT2D eigenvalue weighted by Crippen LogP contribution is -2.14. The molecule has 0 atom stereocenters. The first-order valence-electron chi connectivity index (χ1n) is 4.97. The predicted molar refractivity (Wildman–Crippen MR) is 57.6 cm³/mol. The molecule has 88 valence electrons. The summed E-state index contributed by atoms with van der Waals surface area (Å²) in [5.74, 6) is 0.640. The number of nitrogens with one attached hydrogen (secondary N) is 1. The molecule has 7 nitrogen and oxygen atoms in total. The molecule has 0 aliphatic heterocycles. The largest absolute Gasteiger partial charge is 0.449 e. The van der Waals surface area contributed by atoms with E-state index in [0.717, 1.165) is 0 Å². The Bertz CT molecular complexity index is 543. The summed E-state index contributed by atoms with van der Waals surface area (Å²) in [6.45, 7) is 1.99. The van der Waals surface area contributed by atoms with E-state index in [4.69, 9.17) is 4.74 Å². The third-order valence-electron chi connectivity index (χ3n) is 2.04. The molecule has 0 amide bonds. The molecule has 0 aliphatic rings. The minimum atomic E-state index is -0.538. The van der Waals surface area contributed by atoms with E-state index in [-0.39, 0.29) is 12.3 Å². The van der Waals surface area contributed by atoms with Crippen molar-refractivity contribution in [1.82, 2.24) is 19.5 Å². The van der Waals surface area contributed by atoms with E-state index in [9.17, 15) is 9.59 Å². The molecule has 2 aromatic rings. The van der Waals surface area contributed by atoms with Gasteiger partial charge in [0.25, 0.3) is 0 Å². The molecule has 2 aromatic heterocycles. The smallest absolute Gasteiger partial charge is 0.419 e. The van der Waals surface area contributed by atoms with Gasteiger partial charge in [0.1, 0.15) is 5.69 Å². The van der Waals surface area contributed by atoms with Crippen LogP contribution >= 0.6 is 0 Å². The van der Waals surface area contributed by atoms with Gasteiger partial charge < -0.3 is 9.72 Å². The second kappa shape index (κ2) is 4.60. The second-order valence-electron chi connectivity index (χ2n) is 3.11. The van der Waals surface area contributed by atoms with Crippen LogP contribution in [0.2, 0.25) is 0 Å². The van der Waals surface area contributed by atoms with Crippen molar-refractivity contribution >= 4 is 12.4 Å². The number of hydrogen-bond donors (Lipinski definition) is 1. The molecular formula is C10H10N4O3. The maximum atomic E-state index is 11.6. The van der Waals surface area contributed by atoms with Crippen molar-refractivity contribution in [3.63, 3.8) is 0 Å². The molecule has 17 heavy (non-hydrogen) atoms. The zero-order valence-electron chi connectivity index (χ0n) is 9.08. The van der Waals surface area contributed by atoms with Gasteiger partial charge in [0, 0.05) is 18.6 Å². The van der Waals surface area contributed by atoms with E-state index in [0.29, 0.717) is 17.9 Å². The van der Waals surface area contributed by atoms with Gasteiger partial charge >= 0.3 is 6.09 Å². The van der Waals surface area contributed by atoms with E-state index in [1.807, 2.05) is 0 Å². The number of rotatable bonds is 3. The zero-order chi connectivity index (χ0) is 12.3. The number of H-pyrrole nitrogens is 1. The number of carbonyl (C=O) groups is 2. The van der Waals surface area contributed by atoms with Crippen LogP contribution in [-0.2, 0) is 4.74 Å². The third kappa shape index (κ3) is 2.07. The number of hydrogen-bond acceptors (Lipinski definition) is 5. The highest BCUT2D eigenvalue weighted by atomic mass is 16.5. The van der Waals surface area contributed by atoms with Crippen molar-refractivity contribution < 1.29 is 14.3 Å². The molecule has 2 rings (SSSR count). The lowest BCUT2D eigenvalue weighted by Gasteiger charge is -2.03. The Morgan fingerprint density at radius 2 is 2.47 bits per heavy atom. The Balaban J connectivity index is 2.36. The Kier molecular flexibility index (Phi) is 2.99. The number of nitrogens with zero attached hydrogens (tertiary/aromatic N) is 3. The Hall–Kier alpha value is -2.44. The molecule has 0 saturated carbocycles. The van der Waals surface area contributed by atoms with Gasteiger partial charge in [-0.3, -0.25) is 4.79 Å².